The number of benzene rings is 1. The Kier molecular flexibility index (Phi) is 6.28. The van der Waals surface area contributed by atoms with E-state index in [1.807, 2.05) is 0 Å². The average molecular weight is 354 g/mol. The summed E-state index contributed by atoms with van der Waals surface area (Å²) in [6.07, 6.45) is 2.61. The van der Waals surface area contributed by atoms with Crippen LogP contribution in [0, 0.1) is 11.3 Å². The molecule has 0 atom stereocenters. The minimum atomic E-state index is -0.944. The molecule has 1 aromatic heterocycles. The van der Waals surface area contributed by atoms with E-state index in [9.17, 15) is 14.4 Å². The highest BCUT2D eigenvalue weighted by atomic mass is 16.5. The van der Waals surface area contributed by atoms with E-state index in [1.165, 1.54) is 43.7 Å². The smallest absolute Gasteiger partial charge is 0.349 e. The van der Waals surface area contributed by atoms with Gasteiger partial charge in [0.25, 0.3) is 5.91 Å². The SMILES string of the molecule is COC(=O)c1ccc(NC(=O)COC(=O)/C(C#N)=C/c2ccco2)cc1. The molecular weight excluding hydrogens is 340 g/mol. The van der Waals surface area contributed by atoms with Crippen molar-refractivity contribution in [2.24, 2.45) is 0 Å². The number of hydrogen-bond acceptors (Lipinski definition) is 7. The molecule has 0 saturated heterocycles. The lowest BCUT2D eigenvalue weighted by atomic mass is 10.2. The Morgan fingerprint density at radius 1 is 1.23 bits per heavy atom. The Labute approximate surface area is 148 Å². The number of ether oxygens (including phenoxy) is 2. The van der Waals surface area contributed by atoms with Crippen molar-refractivity contribution in [3.8, 4) is 6.07 Å². The highest BCUT2D eigenvalue weighted by Gasteiger charge is 2.14. The van der Waals surface area contributed by atoms with E-state index >= 15 is 0 Å². The molecule has 8 nitrogen and oxygen atoms in total. The number of amides is 1. The van der Waals surface area contributed by atoms with Crippen LogP contribution in [0.4, 0.5) is 5.69 Å². The summed E-state index contributed by atoms with van der Waals surface area (Å²) in [7, 11) is 1.27. The molecule has 1 aromatic carbocycles. The van der Waals surface area contributed by atoms with Crippen LogP contribution < -0.4 is 5.32 Å². The molecular formula is C18H14N2O6. The molecule has 1 N–H and O–H groups in total. The molecule has 0 aliphatic carbocycles. The maximum Gasteiger partial charge on any atom is 0.349 e. The van der Waals surface area contributed by atoms with Crippen molar-refractivity contribution >= 4 is 29.6 Å². The first-order chi connectivity index (χ1) is 12.5. The summed E-state index contributed by atoms with van der Waals surface area (Å²) in [5.74, 6) is -1.72. The zero-order valence-electron chi connectivity index (χ0n) is 13.7. The highest BCUT2D eigenvalue weighted by Crippen LogP contribution is 2.11. The molecule has 1 amide bonds. The monoisotopic (exact) mass is 354 g/mol. The number of methoxy groups -OCH3 is 1. The standard InChI is InChI=1S/C18H14N2O6/c1-24-17(22)12-4-6-14(7-5-12)20-16(21)11-26-18(23)13(10-19)9-15-3-2-8-25-15/h2-9H,11H2,1H3,(H,20,21)/b13-9+. The Balaban J connectivity index is 1.89. The summed E-state index contributed by atoms with van der Waals surface area (Å²) >= 11 is 0. The summed E-state index contributed by atoms with van der Waals surface area (Å²) in [5.41, 5.74) is 0.444. The Bertz CT molecular complexity index is 860. The Morgan fingerprint density at radius 2 is 1.96 bits per heavy atom. The van der Waals surface area contributed by atoms with Crippen LogP contribution in [0.2, 0.25) is 0 Å². The second-order valence-electron chi connectivity index (χ2n) is 4.88. The van der Waals surface area contributed by atoms with Gasteiger partial charge in [-0.1, -0.05) is 0 Å². The van der Waals surface area contributed by atoms with Crippen LogP contribution in [-0.2, 0) is 19.1 Å². The van der Waals surface area contributed by atoms with E-state index in [0.29, 0.717) is 17.0 Å². The zero-order chi connectivity index (χ0) is 18.9. The number of hydrogen-bond donors (Lipinski definition) is 1. The number of nitrogens with one attached hydrogen (secondary N) is 1. The first-order valence-corrected chi connectivity index (χ1v) is 7.34. The third kappa shape index (κ3) is 5.07. The van der Waals surface area contributed by atoms with E-state index in [0.717, 1.165) is 0 Å². The maximum absolute atomic E-state index is 11.8. The molecule has 0 spiro atoms. The number of anilines is 1. The van der Waals surface area contributed by atoms with Gasteiger partial charge in [-0.15, -0.1) is 0 Å². The zero-order valence-corrected chi connectivity index (χ0v) is 13.7. The quantitative estimate of drug-likeness (QED) is 0.479. The number of carbonyl (C=O) groups excluding carboxylic acids is 3. The molecule has 1 heterocycles. The summed E-state index contributed by atoms with van der Waals surface area (Å²) in [6, 6.07) is 10.8. The molecule has 0 unspecified atom stereocenters. The minimum Gasteiger partial charge on any atom is -0.465 e. The maximum atomic E-state index is 11.8. The van der Waals surface area contributed by atoms with Gasteiger partial charge in [-0.25, -0.2) is 9.59 Å². The molecule has 2 aromatic rings. The number of nitriles is 1. The predicted octanol–water partition coefficient (Wildman–Crippen LogP) is 2.16. The van der Waals surface area contributed by atoms with Gasteiger partial charge in [0.15, 0.2) is 6.61 Å². The minimum absolute atomic E-state index is 0.296. The molecule has 132 valence electrons. The average Bonchev–Trinajstić information content (AvgIpc) is 3.17. The normalized spacial score (nSPS) is 10.5. The topological polar surface area (TPSA) is 119 Å². The molecule has 2 rings (SSSR count). The molecule has 8 heteroatoms. The lowest BCUT2D eigenvalue weighted by Crippen LogP contribution is -2.21. The van der Waals surface area contributed by atoms with Gasteiger partial charge in [0.05, 0.1) is 18.9 Å². The molecule has 26 heavy (non-hydrogen) atoms. The summed E-state index contributed by atoms with van der Waals surface area (Å²) < 4.78 is 14.4. The van der Waals surface area contributed by atoms with Crippen molar-refractivity contribution in [2.75, 3.05) is 19.0 Å². The van der Waals surface area contributed by atoms with Crippen molar-refractivity contribution in [3.05, 3.63) is 59.6 Å². The molecule has 0 fully saturated rings. The lowest BCUT2D eigenvalue weighted by Gasteiger charge is -2.07. The van der Waals surface area contributed by atoms with Crippen molar-refractivity contribution in [1.29, 1.82) is 5.26 Å². The van der Waals surface area contributed by atoms with E-state index in [2.05, 4.69) is 10.1 Å². The third-order valence-electron chi connectivity index (χ3n) is 3.09. The van der Waals surface area contributed by atoms with Crippen LogP contribution >= 0.6 is 0 Å². The third-order valence-corrected chi connectivity index (χ3v) is 3.09. The van der Waals surface area contributed by atoms with Crippen LogP contribution in [0.25, 0.3) is 6.08 Å². The predicted molar refractivity (Wildman–Crippen MR) is 89.7 cm³/mol. The van der Waals surface area contributed by atoms with Crippen LogP contribution in [0.5, 0.6) is 0 Å². The number of carbonyl (C=O) groups is 3. The van der Waals surface area contributed by atoms with Gasteiger partial charge < -0.3 is 19.2 Å². The second kappa shape index (κ2) is 8.84. The summed E-state index contributed by atoms with van der Waals surface area (Å²) in [5, 5.41) is 11.5. The molecule has 0 saturated carbocycles. The first kappa shape index (κ1) is 18.5. The fourth-order valence-electron chi connectivity index (χ4n) is 1.87. The van der Waals surface area contributed by atoms with Crippen molar-refractivity contribution < 1.29 is 28.3 Å². The number of rotatable bonds is 6. The van der Waals surface area contributed by atoms with E-state index in [-0.39, 0.29) is 5.57 Å². The van der Waals surface area contributed by atoms with Gasteiger partial charge >= 0.3 is 11.9 Å². The second-order valence-corrected chi connectivity index (χ2v) is 4.88. The van der Waals surface area contributed by atoms with E-state index < -0.39 is 24.5 Å². The van der Waals surface area contributed by atoms with Gasteiger partial charge in [-0.3, -0.25) is 4.79 Å². The highest BCUT2D eigenvalue weighted by molar-refractivity contribution is 6.00. The number of nitrogens with zero attached hydrogens (tertiary/aromatic N) is 1. The molecule has 0 bridgehead atoms. The number of esters is 2. The Hall–Kier alpha value is -3.86. The van der Waals surface area contributed by atoms with Crippen LogP contribution in [0.15, 0.2) is 52.7 Å². The van der Waals surface area contributed by atoms with Gasteiger partial charge in [-0.2, -0.15) is 5.26 Å². The van der Waals surface area contributed by atoms with Crippen LogP contribution in [0.3, 0.4) is 0 Å². The molecule has 0 aliphatic rings. The largest absolute Gasteiger partial charge is 0.465 e. The number of furan rings is 1. The summed E-state index contributed by atoms with van der Waals surface area (Å²) in [4.78, 5) is 35.0. The molecule has 0 radical (unpaired) electrons. The fourth-order valence-corrected chi connectivity index (χ4v) is 1.87. The van der Waals surface area contributed by atoms with Crippen molar-refractivity contribution in [2.45, 2.75) is 0 Å². The van der Waals surface area contributed by atoms with Gasteiger partial charge in [-0.05, 0) is 36.4 Å². The van der Waals surface area contributed by atoms with Gasteiger partial charge in [0.1, 0.15) is 17.4 Å². The van der Waals surface area contributed by atoms with E-state index in [4.69, 9.17) is 14.4 Å². The van der Waals surface area contributed by atoms with Crippen molar-refractivity contribution in [3.63, 3.8) is 0 Å². The summed E-state index contributed by atoms with van der Waals surface area (Å²) in [6.45, 7) is -0.575. The van der Waals surface area contributed by atoms with Crippen LogP contribution in [0.1, 0.15) is 16.1 Å². The lowest BCUT2D eigenvalue weighted by molar-refractivity contribution is -0.142. The van der Waals surface area contributed by atoms with Crippen LogP contribution in [-0.4, -0.2) is 31.6 Å². The Morgan fingerprint density at radius 3 is 2.54 bits per heavy atom. The van der Waals surface area contributed by atoms with E-state index in [1.54, 1.807) is 18.2 Å². The first-order valence-electron chi connectivity index (χ1n) is 7.34. The molecule has 0 aliphatic heterocycles. The fraction of sp³-hybridized carbons (Fsp3) is 0.111. The van der Waals surface area contributed by atoms with Crippen molar-refractivity contribution in [1.82, 2.24) is 0 Å². The van der Waals surface area contributed by atoms with Gasteiger partial charge in [0, 0.05) is 11.8 Å². The van der Waals surface area contributed by atoms with Gasteiger partial charge in [0.2, 0.25) is 0 Å².